The lowest BCUT2D eigenvalue weighted by Gasteiger charge is -2.00. The molecule has 0 fully saturated rings. The van der Waals surface area contributed by atoms with Gasteiger partial charge in [0.25, 0.3) is 0 Å². The van der Waals surface area contributed by atoms with Crippen molar-refractivity contribution in [3.8, 4) is 5.75 Å². The van der Waals surface area contributed by atoms with Crippen LogP contribution in [0.3, 0.4) is 0 Å². The Morgan fingerprint density at radius 1 is 1.40 bits per heavy atom. The predicted octanol–water partition coefficient (Wildman–Crippen LogP) is 1.22. The first kappa shape index (κ1) is 11.0. The molecule has 0 aliphatic rings. The Morgan fingerprint density at radius 3 is 2.53 bits per heavy atom. The van der Waals surface area contributed by atoms with E-state index in [0.29, 0.717) is 5.71 Å². The zero-order valence-corrected chi connectivity index (χ0v) is 8.17. The van der Waals surface area contributed by atoms with E-state index in [2.05, 4.69) is 9.99 Å². The number of benzene rings is 1. The van der Waals surface area contributed by atoms with Crippen molar-refractivity contribution in [2.24, 2.45) is 5.16 Å². The summed E-state index contributed by atoms with van der Waals surface area (Å²) in [7, 11) is 0. The number of carbonyl (C=O) groups is 1. The van der Waals surface area contributed by atoms with Crippen molar-refractivity contribution < 1.29 is 19.8 Å². The Morgan fingerprint density at radius 2 is 2.00 bits per heavy atom. The van der Waals surface area contributed by atoms with E-state index < -0.39 is 12.6 Å². The fraction of sp³-hybridized carbons (Fsp3) is 0.200. The summed E-state index contributed by atoms with van der Waals surface area (Å²) >= 11 is 0. The van der Waals surface area contributed by atoms with Crippen LogP contribution in [0.15, 0.2) is 29.4 Å². The maximum atomic E-state index is 10.1. The second-order valence-electron chi connectivity index (χ2n) is 2.89. The van der Waals surface area contributed by atoms with Crippen molar-refractivity contribution in [2.75, 3.05) is 6.61 Å². The molecule has 0 aliphatic carbocycles. The van der Waals surface area contributed by atoms with E-state index in [4.69, 9.17) is 10.2 Å². The maximum Gasteiger partial charge on any atom is 0.344 e. The van der Waals surface area contributed by atoms with Gasteiger partial charge in [0.1, 0.15) is 5.75 Å². The lowest BCUT2D eigenvalue weighted by molar-refractivity contribution is -0.142. The maximum absolute atomic E-state index is 10.1. The van der Waals surface area contributed by atoms with Crippen LogP contribution in [0.25, 0.3) is 0 Å². The van der Waals surface area contributed by atoms with Crippen molar-refractivity contribution in [1.29, 1.82) is 0 Å². The molecule has 15 heavy (non-hydrogen) atoms. The molecule has 0 saturated heterocycles. The molecule has 2 N–H and O–H groups in total. The van der Waals surface area contributed by atoms with Crippen molar-refractivity contribution in [3.63, 3.8) is 0 Å². The zero-order valence-electron chi connectivity index (χ0n) is 8.17. The van der Waals surface area contributed by atoms with Crippen LogP contribution in [0.1, 0.15) is 12.5 Å². The Hall–Kier alpha value is -2.04. The van der Waals surface area contributed by atoms with Crippen LogP contribution in [0.4, 0.5) is 0 Å². The summed E-state index contributed by atoms with van der Waals surface area (Å²) in [6, 6.07) is 6.37. The third kappa shape index (κ3) is 3.68. The number of aromatic hydroxyl groups is 1. The molecule has 0 aromatic heterocycles. The quantitative estimate of drug-likeness (QED) is 0.577. The van der Waals surface area contributed by atoms with Gasteiger partial charge in [-0.15, -0.1) is 0 Å². The fourth-order valence-corrected chi connectivity index (χ4v) is 0.940. The summed E-state index contributed by atoms with van der Waals surface area (Å²) in [5, 5.41) is 21.0. The summed E-state index contributed by atoms with van der Waals surface area (Å²) in [6.45, 7) is 1.23. The van der Waals surface area contributed by atoms with E-state index in [9.17, 15) is 4.79 Å². The molecule has 5 nitrogen and oxygen atoms in total. The number of aliphatic carboxylic acids is 1. The Labute approximate surface area is 86.6 Å². The zero-order chi connectivity index (χ0) is 11.3. The number of phenolic OH excluding ortho intramolecular Hbond substituents is 1. The Kier molecular flexibility index (Phi) is 3.68. The van der Waals surface area contributed by atoms with Crippen molar-refractivity contribution in [3.05, 3.63) is 29.8 Å². The smallest absolute Gasteiger partial charge is 0.344 e. The minimum absolute atomic E-state index is 0.165. The molecule has 0 atom stereocenters. The minimum Gasteiger partial charge on any atom is -0.508 e. The average Bonchev–Trinajstić information content (AvgIpc) is 2.18. The van der Waals surface area contributed by atoms with Gasteiger partial charge in [0, 0.05) is 0 Å². The highest BCUT2D eigenvalue weighted by molar-refractivity contribution is 5.98. The highest BCUT2D eigenvalue weighted by atomic mass is 16.6. The van der Waals surface area contributed by atoms with Gasteiger partial charge in [0.15, 0.2) is 0 Å². The molecule has 0 saturated carbocycles. The number of phenols is 1. The first-order chi connectivity index (χ1) is 7.09. The van der Waals surface area contributed by atoms with Crippen LogP contribution in [-0.4, -0.2) is 28.5 Å². The second kappa shape index (κ2) is 4.99. The van der Waals surface area contributed by atoms with Crippen molar-refractivity contribution >= 4 is 11.7 Å². The molecule has 0 heterocycles. The van der Waals surface area contributed by atoms with Gasteiger partial charge in [-0.05, 0) is 36.8 Å². The van der Waals surface area contributed by atoms with E-state index in [-0.39, 0.29) is 5.75 Å². The number of hydrogen-bond donors (Lipinski definition) is 2. The molecular formula is C10H11NO4. The van der Waals surface area contributed by atoms with Crippen LogP contribution < -0.4 is 0 Å². The first-order valence-corrected chi connectivity index (χ1v) is 4.27. The highest BCUT2D eigenvalue weighted by Crippen LogP contribution is 2.10. The van der Waals surface area contributed by atoms with Gasteiger partial charge >= 0.3 is 5.97 Å². The third-order valence-corrected chi connectivity index (χ3v) is 1.67. The lowest BCUT2D eigenvalue weighted by atomic mass is 10.1. The summed E-state index contributed by atoms with van der Waals surface area (Å²) < 4.78 is 0. The predicted molar refractivity (Wildman–Crippen MR) is 53.9 cm³/mol. The standard InChI is InChI=1S/C10H11NO4/c1-7(11-15-6-10(13)14)8-2-4-9(12)5-3-8/h2-5,12H,6H2,1H3,(H,13,14). The second-order valence-corrected chi connectivity index (χ2v) is 2.89. The number of carboxylic acid groups (broad SMARTS) is 1. The molecule has 1 aromatic rings. The molecule has 1 rings (SSSR count). The Balaban J connectivity index is 2.63. The van der Waals surface area contributed by atoms with E-state index in [1.807, 2.05) is 0 Å². The van der Waals surface area contributed by atoms with Gasteiger partial charge in [-0.25, -0.2) is 4.79 Å². The summed E-state index contributed by atoms with van der Waals surface area (Å²) in [5.74, 6) is -0.907. The van der Waals surface area contributed by atoms with Crippen LogP contribution in [-0.2, 0) is 9.63 Å². The summed E-state index contributed by atoms with van der Waals surface area (Å²) in [6.07, 6.45) is 0. The van der Waals surface area contributed by atoms with Crippen molar-refractivity contribution in [1.82, 2.24) is 0 Å². The molecule has 5 heteroatoms. The monoisotopic (exact) mass is 209 g/mol. The first-order valence-electron chi connectivity index (χ1n) is 4.27. The van der Waals surface area contributed by atoms with Crippen LogP contribution in [0.5, 0.6) is 5.75 Å². The fourth-order valence-electron chi connectivity index (χ4n) is 0.940. The molecule has 0 radical (unpaired) electrons. The Bertz CT molecular complexity index is 370. The molecule has 0 bridgehead atoms. The van der Waals surface area contributed by atoms with E-state index in [1.165, 1.54) is 12.1 Å². The van der Waals surface area contributed by atoms with Crippen LogP contribution >= 0.6 is 0 Å². The molecule has 0 unspecified atom stereocenters. The third-order valence-electron chi connectivity index (χ3n) is 1.67. The van der Waals surface area contributed by atoms with Gasteiger partial charge in [-0.1, -0.05) is 5.16 Å². The largest absolute Gasteiger partial charge is 0.508 e. The van der Waals surface area contributed by atoms with Gasteiger partial charge in [-0.3, -0.25) is 0 Å². The number of nitrogens with zero attached hydrogens (tertiary/aromatic N) is 1. The molecule has 0 spiro atoms. The highest BCUT2D eigenvalue weighted by Gasteiger charge is 1.99. The van der Waals surface area contributed by atoms with Gasteiger partial charge in [0.05, 0.1) is 5.71 Å². The number of hydrogen-bond acceptors (Lipinski definition) is 4. The van der Waals surface area contributed by atoms with E-state index in [0.717, 1.165) is 5.56 Å². The van der Waals surface area contributed by atoms with Gasteiger partial charge in [0.2, 0.25) is 6.61 Å². The average molecular weight is 209 g/mol. The molecule has 80 valence electrons. The topological polar surface area (TPSA) is 79.1 Å². The SMILES string of the molecule is CC(=NOCC(=O)O)c1ccc(O)cc1. The minimum atomic E-state index is -1.07. The molecule has 0 aliphatic heterocycles. The lowest BCUT2D eigenvalue weighted by Crippen LogP contribution is -2.05. The molecule has 0 amide bonds. The van der Waals surface area contributed by atoms with E-state index >= 15 is 0 Å². The number of carboxylic acids is 1. The van der Waals surface area contributed by atoms with Gasteiger partial charge in [-0.2, -0.15) is 0 Å². The normalized spacial score (nSPS) is 11.1. The summed E-state index contributed by atoms with van der Waals surface area (Å²) in [5.41, 5.74) is 1.31. The number of rotatable bonds is 4. The van der Waals surface area contributed by atoms with Crippen molar-refractivity contribution in [2.45, 2.75) is 6.92 Å². The summed E-state index contributed by atoms with van der Waals surface area (Å²) in [4.78, 5) is 14.7. The van der Waals surface area contributed by atoms with E-state index in [1.54, 1.807) is 19.1 Å². The number of oxime groups is 1. The van der Waals surface area contributed by atoms with Gasteiger partial charge < -0.3 is 15.1 Å². The molecule has 1 aromatic carbocycles. The molecular weight excluding hydrogens is 198 g/mol. The van der Waals surface area contributed by atoms with Crippen LogP contribution in [0.2, 0.25) is 0 Å². The van der Waals surface area contributed by atoms with Crippen LogP contribution in [0, 0.1) is 0 Å².